The van der Waals surface area contributed by atoms with Crippen LogP contribution in [-0.2, 0) is 9.53 Å². The van der Waals surface area contributed by atoms with Crippen LogP contribution in [0, 0.1) is 0 Å². The third kappa shape index (κ3) is 3.94. The first-order chi connectivity index (χ1) is 15.0. The van der Waals surface area contributed by atoms with Gasteiger partial charge >= 0.3 is 5.97 Å². The van der Waals surface area contributed by atoms with Crippen molar-refractivity contribution in [2.75, 3.05) is 13.7 Å². The van der Waals surface area contributed by atoms with Crippen LogP contribution >= 0.6 is 11.3 Å². The minimum Gasteiger partial charge on any atom is -0.497 e. The highest BCUT2D eigenvalue weighted by molar-refractivity contribution is 7.07. The Labute approximate surface area is 182 Å². The highest BCUT2D eigenvalue weighted by Gasteiger charge is 2.33. The van der Waals surface area contributed by atoms with Gasteiger partial charge in [-0.05, 0) is 49.2 Å². The fraction of sp³-hybridized carbons (Fsp3) is 0.217. The summed E-state index contributed by atoms with van der Waals surface area (Å²) in [6, 6.07) is 10.3. The summed E-state index contributed by atoms with van der Waals surface area (Å²) in [5.74, 6) is 0.206. The van der Waals surface area contributed by atoms with E-state index in [0.717, 1.165) is 11.1 Å². The fourth-order valence-electron chi connectivity index (χ4n) is 3.51. The maximum absolute atomic E-state index is 13.4. The molecular weight excluding hydrogens is 414 g/mol. The van der Waals surface area contributed by atoms with E-state index in [9.17, 15) is 9.59 Å². The molecule has 31 heavy (non-hydrogen) atoms. The van der Waals surface area contributed by atoms with E-state index < -0.39 is 12.0 Å². The van der Waals surface area contributed by atoms with Crippen molar-refractivity contribution < 1.29 is 14.3 Å². The van der Waals surface area contributed by atoms with Crippen LogP contribution in [0.2, 0.25) is 0 Å². The molecule has 0 aliphatic carbocycles. The van der Waals surface area contributed by atoms with Crippen molar-refractivity contribution in [3.63, 3.8) is 0 Å². The lowest BCUT2D eigenvalue weighted by Gasteiger charge is -2.24. The number of hydrogen-bond donors (Lipinski definition) is 0. The number of nitrogens with zero attached hydrogens (tertiary/aromatic N) is 3. The number of hydrogen-bond acceptors (Lipinski definition) is 7. The Balaban J connectivity index is 1.95. The summed E-state index contributed by atoms with van der Waals surface area (Å²) in [7, 11) is 1.59. The molecule has 0 radical (unpaired) electrons. The number of carbonyl (C=O) groups is 1. The summed E-state index contributed by atoms with van der Waals surface area (Å²) < 4.78 is 12.6. The Morgan fingerprint density at radius 1 is 1.26 bits per heavy atom. The number of benzene rings is 1. The molecule has 8 heteroatoms. The van der Waals surface area contributed by atoms with Gasteiger partial charge in [-0.3, -0.25) is 14.3 Å². The topological polar surface area (TPSA) is 82.8 Å². The number of ether oxygens (including phenoxy) is 2. The van der Waals surface area contributed by atoms with Crippen LogP contribution < -0.4 is 19.6 Å². The first-order valence-electron chi connectivity index (χ1n) is 9.77. The van der Waals surface area contributed by atoms with Gasteiger partial charge in [-0.25, -0.2) is 9.79 Å². The summed E-state index contributed by atoms with van der Waals surface area (Å²) in [5, 5.41) is 0. The fourth-order valence-corrected chi connectivity index (χ4v) is 4.55. The van der Waals surface area contributed by atoms with E-state index in [4.69, 9.17) is 9.47 Å². The monoisotopic (exact) mass is 435 g/mol. The predicted molar refractivity (Wildman–Crippen MR) is 118 cm³/mol. The maximum Gasteiger partial charge on any atom is 0.338 e. The molecule has 3 heterocycles. The van der Waals surface area contributed by atoms with Crippen molar-refractivity contribution in [3.05, 3.63) is 90.9 Å². The lowest BCUT2D eigenvalue weighted by atomic mass is 9.96. The highest BCUT2D eigenvalue weighted by Crippen LogP contribution is 2.31. The molecule has 1 aliphatic heterocycles. The van der Waals surface area contributed by atoms with Crippen LogP contribution in [-0.4, -0.2) is 29.2 Å². The molecule has 1 aromatic carbocycles. The zero-order chi connectivity index (χ0) is 22.0. The first kappa shape index (κ1) is 20.7. The number of fused-ring (bicyclic) bond motifs is 1. The summed E-state index contributed by atoms with van der Waals surface area (Å²) >= 11 is 1.28. The van der Waals surface area contributed by atoms with Crippen molar-refractivity contribution in [2.45, 2.75) is 19.9 Å². The number of pyridine rings is 1. The average molecular weight is 436 g/mol. The quantitative estimate of drug-likeness (QED) is 0.574. The molecule has 0 spiro atoms. The van der Waals surface area contributed by atoms with Gasteiger partial charge in [0.25, 0.3) is 5.56 Å². The zero-order valence-electron chi connectivity index (χ0n) is 17.4. The van der Waals surface area contributed by atoms with Gasteiger partial charge in [0, 0.05) is 12.4 Å². The molecule has 0 fully saturated rings. The van der Waals surface area contributed by atoms with Gasteiger partial charge in [0.1, 0.15) is 5.75 Å². The number of thiazole rings is 1. The number of carbonyl (C=O) groups excluding carboxylic acids is 1. The van der Waals surface area contributed by atoms with E-state index >= 15 is 0 Å². The van der Waals surface area contributed by atoms with Crippen LogP contribution in [0.25, 0.3) is 6.08 Å². The number of methoxy groups -OCH3 is 1. The molecule has 0 amide bonds. The molecule has 0 bridgehead atoms. The van der Waals surface area contributed by atoms with Gasteiger partial charge in [-0.1, -0.05) is 29.5 Å². The lowest BCUT2D eigenvalue weighted by Crippen LogP contribution is -2.39. The molecule has 1 unspecified atom stereocenters. The van der Waals surface area contributed by atoms with E-state index in [1.54, 1.807) is 56.1 Å². The third-order valence-electron chi connectivity index (χ3n) is 4.93. The summed E-state index contributed by atoms with van der Waals surface area (Å²) in [5.41, 5.74) is 2.26. The van der Waals surface area contributed by atoms with Gasteiger partial charge < -0.3 is 9.47 Å². The van der Waals surface area contributed by atoms with Gasteiger partial charge in [-0.15, -0.1) is 0 Å². The van der Waals surface area contributed by atoms with Gasteiger partial charge in [-0.2, -0.15) is 0 Å². The maximum atomic E-state index is 13.4. The van der Waals surface area contributed by atoms with Crippen LogP contribution in [0.5, 0.6) is 5.75 Å². The standard InChI is InChI=1S/C23H21N3O4S/c1-4-30-22(28)19-14(2)25-23-26(20(19)16-7-9-17(29-3)10-8-16)21(27)18(31-23)12-15-6-5-11-24-13-15/h5-13,20H,4H2,1-3H3/b18-12-. The minimum absolute atomic E-state index is 0.220. The van der Waals surface area contributed by atoms with Crippen molar-refractivity contribution in [1.29, 1.82) is 0 Å². The van der Waals surface area contributed by atoms with Gasteiger partial charge in [0.2, 0.25) is 0 Å². The SMILES string of the molecule is CCOC(=O)C1=C(C)N=c2s/c(=C\c3cccnc3)c(=O)n2C1c1ccc(OC)cc1. The summed E-state index contributed by atoms with van der Waals surface area (Å²) in [4.78, 5) is 35.5. The molecule has 1 atom stereocenters. The number of esters is 1. The molecule has 7 nitrogen and oxygen atoms in total. The number of rotatable bonds is 5. The molecule has 0 N–H and O–H groups in total. The molecule has 2 aromatic heterocycles. The molecule has 1 aliphatic rings. The van der Waals surface area contributed by atoms with E-state index in [1.165, 1.54) is 11.3 Å². The van der Waals surface area contributed by atoms with Crippen LogP contribution in [0.3, 0.4) is 0 Å². The summed E-state index contributed by atoms with van der Waals surface area (Å²) in [6.45, 7) is 3.75. The Morgan fingerprint density at radius 2 is 2.03 bits per heavy atom. The van der Waals surface area contributed by atoms with Gasteiger partial charge in [0.05, 0.1) is 35.6 Å². The Bertz CT molecular complexity index is 1320. The van der Waals surface area contributed by atoms with E-state index in [-0.39, 0.29) is 12.2 Å². The Kier molecular flexibility index (Phi) is 5.81. The first-order valence-corrected chi connectivity index (χ1v) is 10.6. The second kappa shape index (κ2) is 8.69. The molecule has 158 valence electrons. The summed E-state index contributed by atoms with van der Waals surface area (Å²) in [6.07, 6.45) is 5.15. The highest BCUT2D eigenvalue weighted by atomic mass is 32.1. The van der Waals surface area contributed by atoms with Crippen LogP contribution in [0.4, 0.5) is 0 Å². The van der Waals surface area contributed by atoms with E-state index in [1.807, 2.05) is 24.3 Å². The third-order valence-corrected chi connectivity index (χ3v) is 5.91. The largest absolute Gasteiger partial charge is 0.497 e. The second-order valence-corrected chi connectivity index (χ2v) is 7.87. The van der Waals surface area contributed by atoms with Crippen molar-refractivity contribution >= 4 is 23.4 Å². The predicted octanol–water partition coefficient (Wildman–Crippen LogP) is 2.20. The van der Waals surface area contributed by atoms with E-state index in [0.29, 0.717) is 26.4 Å². The van der Waals surface area contributed by atoms with Gasteiger partial charge in [0.15, 0.2) is 4.80 Å². The second-order valence-electron chi connectivity index (χ2n) is 6.86. The average Bonchev–Trinajstić information content (AvgIpc) is 3.08. The van der Waals surface area contributed by atoms with Crippen LogP contribution in [0.1, 0.15) is 31.0 Å². The van der Waals surface area contributed by atoms with Crippen molar-refractivity contribution in [3.8, 4) is 5.75 Å². The lowest BCUT2D eigenvalue weighted by molar-refractivity contribution is -0.139. The molecule has 4 rings (SSSR count). The molecule has 3 aromatic rings. The molecule has 0 saturated carbocycles. The Morgan fingerprint density at radius 3 is 2.68 bits per heavy atom. The number of aromatic nitrogens is 2. The number of allylic oxidation sites excluding steroid dienone is 1. The van der Waals surface area contributed by atoms with E-state index in [2.05, 4.69) is 9.98 Å². The normalized spacial score (nSPS) is 16.0. The smallest absolute Gasteiger partial charge is 0.338 e. The van der Waals surface area contributed by atoms with Crippen molar-refractivity contribution in [2.24, 2.45) is 4.99 Å². The van der Waals surface area contributed by atoms with Crippen LogP contribution in [0.15, 0.2) is 69.8 Å². The molecular formula is C23H21N3O4S. The Hall–Kier alpha value is -3.52. The minimum atomic E-state index is -0.641. The molecule has 0 saturated heterocycles. The van der Waals surface area contributed by atoms with Crippen molar-refractivity contribution in [1.82, 2.24) is 9.55 Å². The zero-order valence-corrected chi connectivity index (χ0v) is 18.2.